The summed E-state index contributed by atoms with van der Waals surface area (Å²) >= 11 is 3.45. The highest BCUT2D eigenvalue weighted by atomic mass is 79.9. The van der Waals surface area contributed by atoms with Crippen LogP contribution in [0.15, 0.2) is 41.0 Å². The second-order valence-electron chi connectivity index (χ2n) is 3.88. The van der Waals surface area contributed by atoms with Crippen LogP contribution in [0.5, 0.6) is 0 Å². The van der Waals surface area contributed by atoms with Crippen LogP contribution in [-0.2, 0) is 13.0 Å². The first-order chi connectivity index (χ1) is 8.78. The van der Waals surface area contributed by atoms with Crippen LogP contribution in [0, 0.1) is 0 Å². The number of nitrogens with two attached hydrogens (primary N) is 1. The van der Waals surface area contributed by atoms with Gasteiger partial charge in [0.25, 0.3) is 0 Å². The Morgan fingerprint density at radius 3 is 2.94 bits per heavy atom. The molecule has 5 heteroatoms. The Hall–Kier alpha value is -1.46. The van der Waals surface area contributed by atoms with Gasteiger partial charge in [0.05, 0.1) is 0 Å². The van der Waals surface area contributed by atoms with E-state index in [9.17, 15) is 0 Å². The van der Waals surface area contributed by atoms with Gasteiger partial charge in [0.2, 0.25) is 0 Å². The fraction of sp³-hybridized carbons (Fsp3) is 0.231. The average Bonchev–Trinajstić information content (AvgIpc) is 2.37. The molecule has 0 spiro atoms. The van der Waals surface area contributed by atoms with Crippen LogP contribution < -0.4 is 11.1 Å². The van der Waals surface area contributed by atoms with Gasteiger partial charge in [0.1, 0.15) is 11.6 Å². The molecule has 3 N–H and O–H groups in total. The molecule has 0 bridgehead atoms. The molecule has 1 aromatic carbocycles. The second-order valence-corrected chi connectivity index (χ2v) is 4.80. The topological polar surface area (TPSA) is 63.8 Å². The van der Waals surface area contributed by atoms with Crippen molar-refractivity contribution in [3.8, 4) is 0 Å². The van der Waals surface area contributed by atoms with Gasteiger partial charge in [-0.2, -0.15) is 0 Å². The van der Waals surface area contributed by atoms with Crippen LogP contribution in [0.2, 0.25) is 0 Å². The number of benzene rings is 1. The van der Waals surface area contributed by atoms with E-state index in [4.69, 9.17) is 5.73 Å². The van der Waals surface area contributed by atoms with Gasteiger partial charge >= 0.3 is 0 Å². The molecule has 0 aliphatic rings. The molecule has 0 amide bonds. The summed E-state index contributed by atoms with van der Waals surface area (Å²) in [5, 5.41) is 3.27. The zero-order valence-corrected chi connectivity index (χ0v) is 11.5. The molecule has 4 nitrogen and oxygen atoms in total. The lowest BCUT2D eigenvalue weighted by atomic mass is 10.2. The van der Waals surface area contributed by atoms with E-state index in [2.05, 4.69) is 43.3 Å². The normalized spacial score (nSPS) is 10.3. The van der Waals surface area contributed by atoms with Gasteiger partial charge in [-0.15, -0.1) is 0 Å². The van der Waals surface area contributed by atoms with Gasteiger partial charge in [-0.3, -0.25) is 0 Å². The maximum absolute atomic E-state index is 5.49. The molecule has 2 rings (SSSR count). The van der Waals surface area contributed by atoms with Crippen LogP contribution in [-0.4, -0.2) is 16.5 Å². The third-order valence-electron chi connectivity index (χ3n) is 2.44. The Bertz CT molecular complexity index is 516. The predicted octanol–water partition coefficient (Wildman–Crippen LogP) is 2.35. The van der Waals surface area contributed by atoms with Crippen molar-refractivity contribution in [3.63, 3.8) is 0 Å². The summed E-state index contributed by atoms with van der Waals surface area (Å²) in [5.41, 5.74) is 6.68. The molecule has 0 saturated heterocycles. The van der Waals surface area contributed by atoms with Crippen LogP contribution in [0.3, 0.4) is 0 Å². The van der Waals surface area contributed by atoms with Crippen LogP contribution in [0.4, 0.5) is 5.82 Å². The maximum Gasteiger partial charge on any atom is 0.131 e. The first-order valence-corrected chi connectivity index (χ1v) is 6.57. The molecule has 1 aromatic heterocycles. The Morgan fingerprint density at radius 1 is 1.28 bits per heavy atom. The lowest BCUT2D eigenvalue weighted by molar-refractivity contribution is 0.865. The Balaban J connectivity index is 1.99. The third kappa shape index (κ3) is 3.78. The Kier molecular flexibility index (Phi) is 4.66. The summed E-state index contributed by atoms with van der Waals surface area (Å²) < 4.78 is 1.08. The van der Waals surface area contributed by atoms with Crippen molar-refractivity contribution in [2.75, 3.05) is 11.9 Å². The minimum atomic E-state index is 0.565. The number of anilines is 1. The van der Waals surface area contributed by atoms with E-state index in [-0.39, 0.29) is 0 Å². The lowest BCUT2D eigenvalue weighted by Crippen LogP contribution is -2.08. The summed E-state index contributed by atoms with van der Waals surface area (Å²) in [6.07, 6.45) is 2.45. The number of hydrogen-bond donors (Lipinski definition) is 2. The highest BCUT2D eigenvalue weighted by molar-refractivity contribution is 9.10. The molecular weight excluding hydrogens is 292 g/mol. The number of nitrogens with one attached hydrogen (secondary N) is 1. The molecule has 94 valence electrons. The third-order valence-corrected chi connectivity index (χ3v) is 2.93. The van der Waals surface area contributed by atoms with Crippen LogP contribution in [0.25, 0.3) is 0 Å². The summed E-state index contributed by atoms with van der Waals surface area (Å²) in [6.45, 7) is 1.30. The van der Waals surface area contributed by atoms with Gasteiger partial charge in [0, 0.05) is 23.6 Å². The molecule has 0 fully saturated rings. The van der Waals surface area contributed by atoms with E-state index in [1.807, 2.05) is 18.2 Å². The average molecular weight is 307 g/mol. The first-order valence-electron chi connectivity index (χ1n) is 5.78. The molecule has 0 unspecified atom stereocenters. The van der Waals surface area contributed by atoms with Gasteiger partial charge < -0.3 is 11.1 Å². The van der Waals surface area contributed by atoms with Crippen molar-refractivity contribution in [1.82, 2.24) is 9.97 Å². The van der Waals surface area contributed by atoms with Crippen molar-refractivity contribution in [1.29, 1.82) is 0 Å². The number of hydrogen-bond acceptors (Lipinski definition) is 4. The number of aromatic nitrogens is 2. The molecule has 18 heavy (non-hydrogen) atoms. The van der Waals surface area contributed by atoms with Gasteiger partial charge in [0.15, 0.2) is 0 Å². The van der Waals surface area contributed by atoms with Crippen molar-refractivity contribution < 1.29 is 0 Å². The number of halogens is 1. The summed E-state index contributed by atoms with van der Waals surface area (Å²) in [7, 11) is 0. The fourth-order valence-electron chi connectivity index (χ4n) is 1.59. The molecule has 1 heterocycles. The van der Waals surface area contributed by atoms with Gasteiger partial charge in [-0.1, -0.05) is 28.1 Å². The SMILES string of the molecule is NCCc1nccc(NCc2cccc(Br)c2)n1. The summed E-state index contributed by atoms with van der Waals surface area (Å²) in [6, 6.07) is 10.0. The van der Waals surface area contributed by atoms with Gasteiger partial charge in [-0.05, 0) is 30.3 Å². The van der Waals surface area contributed by atoms with Crippen LogP contribution >= 0.6 is 15.9 Å². The lowest BCUT2D eigenvalue weighted by Gasteiger charge is -2.07. The largest absolute Gasteiger partial charge is 0.366 e. The quantitative estimate of drug-likeness (QED) is 0.890. The van der Waals surface area contributed by atoms with E-state index in [1.54, 1.807) is 6.20 Å². The molecule has 0 aliphatic carbocycles. The van der Waals surface area contributed by atoms with Crippen molar-refractivity contribution in [3.05, 3.63) is 52.4 Å². The monoisotopic (exact) mass is 306 g/mol. The van der Waals surface area contributed by atoms with E-state index in [0.717, 1.165) is 22.7 Å². The molecule has 0 aliphatic heterocycles. The molecule has 0 atom stereocenters. The summed E-state index contributed by atoms with van der Waals surface area (Å²) in [5.74, 6) is 1.60. The maximum atomic E-state index is 5.49. The van der Waals surface area contributed by atoms with Gasteiger partial charge in [-0.25, -0.2) is 9.97 Å². The second kappa shape index (κ2) is 6.47. The zero-order valence-electron chi connectivity index (χ0n) is 9.94. The molecule has 0 radical (unpaired) electrons. The van der Waals surface area contributed by atoms with Crippen LogP contribution in [0.1, 0.15) is 11.4 Å². The minimum absolute atomic E-state index is 0.565. The Labute approximate surface area is 115 Å². The summed E-state index contributed by atoms with van der Waals surface area (Å²) in [4.78, 5) is 8.55. The number of rotatable bonds is 5. The van der Waals surface area contributed by atoms with Crippen molar-refractivity contribution >= 4 is 21.7 Å². The van der Waals surface area contributed by atoms with Crippen molar-refractivity contribution in [2.45, 2.75) is 13.0 Å². The fourth-order valence-corrected chi connectivity index (χ4v) is 2.03. The van der Waals surface area contributed by atoms with Crippen molar-refractivity contribution in [2.24, 2.45) is 5.73 Å². The number of nitrogens with zero attached hydrogens (tertiary/aromatic N) is 2. The highest BCUT2D eigenvalue weighted by Gasteiger charge is 1.99. The minimum Gasteiger partial charge on any atom is -0.366 e. The Morgan fingerprint density at radius 2 is 2.17 bits per heavy atom. The zero-order chi connectivity index (χ0) is 12.8. The molecule has 0 saturated carbocycles. The molecular formula is C13H15BrN4. The first kappa shape index (κ1) is 13.0. The van der Waals surface area contributed by atoms with E-state index >= 15 is 0 Å². The van der Waals surface area contributed by atoms with E-state index < -0.39 is 0 Å². The smallest absolute Gasteiger partial charge is 0.131 e. The molecule has 2 aromatic rings. The standard InChI is InChI=1S/C13H15BrN4/c14-11-3-1-2-10(8-11)9-17-13-5-7-16-12(18-13)4-6-15/h1-3,5,7-8H,4,6,9,15H2,(H,16,17,18). The van der Waals surface area contributed by atoms with E-state index in [1.165, 1.54) is 5.56 Å². The highest BCUT2D eigenvalue weighted by Crippen LogP contribution is 2.13. The van der Waals surface area contributed by atoms with E-state index in [0.29, 0.717) is 13.0 Å². The predicted molar refractivity (Wildman–Crippen MR) is 76.3 cm³/mol.